The number of rotatable bonds is 16. The Hall–Kier alpha value is -1.00. The Labute approximate surface area is 216 Å². The third kappa shape index (κ3) is 13.2. The van der Waals surface area contributed by atoms with Crippen molar-refractivity contribution < 1.29 is 27.0 Å². The first kappa shape index (κ1) is 33.0. The summed E-state index contributed by atoms with van der Waals surface area (Å²) in [4.78, 5) is 29.5. The first-order valence-corrected chi connectivity index (χ1v) is 14.0. The van der Waals surface area contributed by atoms with Crippen molar-refractivity contribution in [3.8, 4) is 0 Å². The van der Waals surface area contributed by atoms with Gasteiger partial charge in [-0.3, -0.25) is 14.1 Å². The largest absolute Gasteiger partial charge is 0.355 e. The minimum absolute atomic E-state index is 0.156. The highest BCUT2D eigenvalue weighted by Gasteiger charge is 2.47. The van der Waals surface area contributed by atoms with Gasteiger partial charge in [-0.1, -0.05) is 6.92 Å². The smallest absolute Gasteiger partial charge is 0.265 e. The quantitative estimate of drug-likeness (QED) is 0.0677. The number of hydrogen-bond acceptors (Lipinski definition) is 6. The molecule has 0 aromatic rings. The van der Waals surface area contributed by atoms with Crippen molar-refractivity contribution in [2.45, 2.75) is 63.7 Å². The van der Waals surface area contributed by atoms with Crippen LogP contribution in [0, 0.1) is 12.0 Å². The number of quaternary nitrogens is 1. The lowest BCUT2D eigenvalue weighted by Crippen LogP contribution is -2.50. The molecule has 0 aromatic carbocycles. The molecule has 34 heavy (non-hydrogen) atoms. The first-order chi connectivity index (χ1) is 15.3. The van der Waals surface area contributed by atoms with Crippen LogP contribution in [0.5, 0.6) is 0 Å². The molecule has 0 saturated carbocycles. The van der Waals surface area contributed by atoms with Crippen LogP contribution in [0.4, 0.5) is 0 Å². The van der Waals surface area contributed by atoms with Crippen molar-refractivity contribution in [2.75, 3.05) is 51.8 Å². The summed E-state index contributed by atoms with van der Waals surface area (Å²) in [5, 5.41) is 5.73. The molecule has 2 unspecified atom stereocenters. The fourth-order valence-corrected chi connectivity index (χ4v) is 5.16. The lowest BCUT2D eigenvalue weighted by atomic mass is 9.72. The van der Waals surface area contributed by atoms with Crippen LogP contribution in [-0.4, -0.2) is 91.3 Å². The molecule has 0 fully saturated rings. The van der Waals surface area contributed by atoms with Crippen molar-refractivity contribution in [3.63, 3.8) is 0 Å². The van der Waals surface area contributed by atoms with Crippen LogP contribution in [0.25, 0.3) is 4.85 Å². The van der Waals surface area contributed by atoms with Gasteiger partial charge < -0.3 is 20.0 Å². The van der Waals surface area contributed by atoms with Crippen LogP contribution >= 0.6 is 25.3 Å². The van der Waals surface area contributed by atoms with E-state index in [1.165, 1.54) is 0 Å². The predicted molar refractivity (Wildman–Crippen MR) is 143 cm³/mol. The zero-order valence-electron chi connectivity index (χ0n) is 21.3. The summed E-state index contributed by atoms with van der Waals surface area (Å²) in [6.07, 6.45) is 1.45. The van der Waals surface area contributed by atoms with E-state index >= 15 is 0 Å². The van der Waals surface area contributed by atoms with Crippen molar-refractivity contribution in [1.29, 1.82) is 0 Å². The maximum absolute atomic E-state index is 13.0. The number of amides is 2. The van der Waals surface area contributed by atoms with E-state index in [0.717, 1.165) is 0 Å². The normalized spacial score (nSPS) is 16.1. The van der Waals surface area contributed by atoms with E-state index in [9.17, 15) is 18.0 Å². The van der Waals surface area contributed by atoms with E-state index in [1.807, 2.05) is 14.1 Å². The van der Waals surface area contributed by atoms with Gasteiger partial charge in [-0.15, -0.1) is 0 Å². The highest BCUT2D eigenvalue weighted by molar-refractivity contribution is 7.85. The fraction of sp³-hybridized carbons (Fsp3) is 0.864. The molecule has 12 heteroatoms. The van der Waals surface area contributed by atoms with Crippen LogP contribution in [-0.2, 0) is 19.7 Å². The number of carbonyl (C=O) groups excluding carboxylic acids is 2. The second-order valence-electron chi connectivity index (χ2n) is 10.7. The summed E-state index contributed by atoms with van der Waals surface area (Å²) >= 11 is 8.73. The van der Waals surface area contributed by atoms with Crippen LogP contribution in [0.1, 0.15) is 53.4 Å². The Balaban J connectivity index is 5.03. The summed E-state index contributed by atoms with van der Waals surface area (Å²) in [6.45, 7) is 16.5. The Bertz CT molecular complexity index is 838. The monoisotopic (exact) mass is 539 g/mol. The third-order valence-electron chi connectivity index (χ3n) is 5.69. The lowest BCUT2D eigenvalue weighted by Gasteiger charge is -2.36. The van der Waals surface area contributed by atoms with Gasteiger partial charge in [-0.2, -0.15) is 33.7 Å². The zero-order chi connectivity index (χ0) is 26.8. The van der Waals surface area contributed by atoms with E-state index in [2.05, 4.69) is 40.7 Å². The summed E-state index contributed by atoms with van der Waals surface area (Å²) in [5.74, 6) is -0.303. The summed E-state index contributed by atoms with van der Waals surface area (Å²) in [5.41, 5.74) is -1.75. The first-order valence-electron chi connectivity index (χ1n) is 11.3. The van der Waals surface area contributed by atoms with Crippen LogP contribution in [0.15, 0.2) is 0 Å². The Morgan fingerprint density at radius 2 is 1.53 bits per heavy atom. The molecule has 0 spiro atoms. The Kier molecular flexibility index (Phi) is 13.0. The van der Waals surface area contributed by atoms with Crippen LogP contribution < -0.4 is 10.6 Å². The van der Waals surface area contributed by atoms with Gasteiger partial charge >= 0.3 is 0 Å². The molecule has 0 aliphatic rings. The molecule has 3 N–H and O–H groups in total. The van der Waals surface area contributed by atoms with Gasteiger partial charge in [0.2, 0.25) is 17.4 Å². The standard InChI is InChI=1S/C22H42N4O5S3/c1-20(2,23-5)16-21(3,18(27)25-11-14-32)17-22(4,33)19(28)24-10-8-12-26(6,7)13-9-15-34(29,30)31/h8-17H2,1-4,6-7H3,(H4-,24,25,27,28,29,30,31,32,33)/p+1. The second kappa shape index (κ2) is 13.3. The topological polar surface area (TPSA) is 117 Å². The molecule has 0 rings (SSSR count). The average Bonchev–Trinajstić information content (AvgIpc) is 2.67. The van der Waals surface area contributed by atoms with Crippen molar-refractivity contribution in [3.05, 3.63) is 11.4 Å². The van der Waals surface area contributed by atoms with E-state index < -0.39 is 25.8 Å². The highest BCUT2D eigenvalue weighted by Crippen LogP contribution is 2.40. The molecule has 0 heterocycles. The third-order valence-corrected chi connectivity index (χ3v) is 7.08. The molecular weight excluding hydrogens is 496 g/mol. The van der Waals surface area contributed by atoms with Gasteiger partial charge in [-0.05, 0) is 13.3 Å². The molecule has 0 bridgehead atoms. The molecular formula is C22H43N4O5S3+. The van der Waals surface area contributed by atoms with Gasteiger partial charge in [0.25, 0.3) is 10.1 Å². The van der Waals surface area contributed by atoms with Crippen molar-refractivity contribution in [1.82, 2.24) is 10.6 Å². The van der Waals surface area contributed by atoms with E-state index in [-0.39, 0.29) is 30.4 Å². The maximum atomic E-state index is 13.0. The minimum atomic E-state index is -3.96. The highest BCUT2D eigenvalue weighted by atomic mass is 32.2. The minimum Gasteiger partial charge on any atom is -0.355 e. The number of nitrogens with one attached hydrogen (secondary N) is 2. The molecule has 2 amide bonds. The molecule has 9 nitrogen and oxygen atoms in total. The van der Waals surface area contributed by atoms with E-state index in [0.29, 0.717) is 49.3 Å². The summed E-state index contributed by atoms with van der Waals surface area (Å²) in [7, 11) is -0.0417. The van der Waals surface area contributed by atoms with Crippen molar-refractivity contribution >= 4 is 47.2 Å². The second-order valence-corrected chi connectivity index (χ2v) is 13.7. The van der Waals surface area contributed by atoms with Gasteiger partial charge in [0.05, 0.1) is 43.1 Å². The Morgan fingerprint density at radius 1 is 1.00 bits per heavy atom. The van der Waals surface area contributed by atoms with Gasteiger partial charge in [0.15, 0.2) is 0 Å². The molecule has 0 saturated heterocycles. The van der Waals surface area contributed by atoms with Crippen molar-refractivity contribution in [2.24, 2.45) is 5.41 Å². The summed E-state index contributed by atoms with van der Waals surface area (Å²) in [6, 6.07) is 0. The SMILES string of the molecule is [C-]#[N+]C(C)(C)CC(C)(CC(C)(S)C(=O)NCCC[N+](C)(C)CCCS(=O)(=O)O)C(=O)NCCS. The lowest BCUT2D eigenvalue weighted by molar-refractivity contribution is -0.890. The molecule has 0 radical (unpaired) electrons. The van der Waals surface area contributed by atoms with E-state index in [4.69, 9.17) is 11.1 Å². The number of nitrogens with zero attached hydrogens (tertiary/aromatic N) is 2. The molecule has 0 aliphatic heterocycles. The average molecular weight is 540 g/mol. The van der Waals surface area contributed by atoms with Gasteiger partial charge in [-0.25, -0.2) is 6.57 Å². The predicted octanol–water partition coefficient (Wildman–Crippen LogP) is 2.07. The van der Waals surface area contributed by atoms with E-state index in [1.54, 1.807) is 27.7 Å². The number of carbonyl (C=O) groups is 2. The fourth-order valence-electron chi connectivity index (χ4n) is 4.13. The number of thiol groups is 2. The molecule has 0 aliphatic carbocycles. The maximum Gasteiger partial charge on any atom is 0.265 e. The van der Waals surface area contributed by atoms with Crippen LogP contribution in [0.2, 0.25) is 0 Å². The molecule has 198 valence electrons. The number of hydrogen-bond donors (Lipinski definition) is 5. The van der Waals surface area contributed by atoms with Crippen LogP contribution in [0.3, 0.4) is 0 Å². The summed E-state index contributed by atoms with van der Waals surface area (Å²) < 4.78 is 30.1. The Morgan fingerprint density at radius 3 is 2.03 bits per heavy atom. The van der Waals surface area contributed by atoms with Gasteiger partial charge in [0, 0.05) is 52.0 Å². The molecule has 0 aromatic heterocycles. The van der Waals surface area contributed by atoms with Gasteiger partial charge in [0.1, 0.15) is 0 Å². The zero-order valence-corrected chi connectivity index (χ0v) is 24.0. The molecule has 2 atom stereocenters.